The number of amides is 2. The van der Waals surface area contributed by atoms with Crippen molar-refractivity contribution in [2.45, 2.75) is 19.8 Å². The van der Waals surface area contributed by atoms with Gasteiger partial charge in [-0.25, -0.2) is 4.98 Å². The van der Waals surface area contributed by atoms with Crippen LogP contribution >= 0.6 is 22.9 Å². The molecule has 0 aliphatic rings. The van der Waals surface area contributed by atoms with E-state index in [9.17, 15) is 9.59 Å². The summed E-state index contributed by atoms with van der Waals surface area (Å²) in [5.41, 5.74) is 1.41. The van der Waals surface area contributed by atoms with Gasteiger partial charge in [0.2, 0.25) is 5.91 Å². The minimum absolute atomic E-state index is 0.0515. The standard InChI is InChI=1S/C19H18ClN3O3S/c1-2-3-17(24)23-19-22-15-9-6-13(10-16(15)27-19)21-18(25)11-26-14-7-4-12(20)5-8-14/h4-10H,2-3,11H2,1H3,(H,21,25)(H,22,23,24). The molecule has 2 aromatic carbocycles. The van der Waals surface area contributed by atoms with Crippen molar-refractivity contribution < 1.29 is 14.3 Å². The van der Waals surface area contributed by atoms with E-state index in [0.29, 0.717) is 28.0 Å². The zero-order chi connectivity index (χ0) is 19.2. The Hall–Kier alpha value is -2.64. The molecule has 2 N–H and O–H groups in total. The fraction of sp³-hybridized carbons (Fsp3) is 0.211. The number of rotatable bonds is 7. The molecule has 6 nitrogen and oxygen atoms in total. The molecular weight excluding hydrogens is 386 g/mol. The number of carbonyl (C=O) groups is 2. The number of fused-ring (bicyclic) bond motifs is 1. The van der Waals surface area contributed by atoms with Gasteiger partial charge in [0.05, 0.1) is 10.2 Å². The van der Waals surface area contributed by atoms with Crippen molar-refractivity contribution in [2.24, 2.45) is 0 Å². The lowest BCUT2D eigenvalue weighted by Gasteiger charge is -2.07. The zero-order valence-corrected chi connectivity index (χ0v) is 16.2. The smallest absolute Gasteiger partial charge is 0.262 e. The summed E-state index contributed by atoms with van der Waals surface area (Å²) < 4.78 is 6.30. The summed E-state index contributed by atoms with van der Waals surface area (Å²) in [5, 5.41) is 6.73. The first-order valence-electron chi connectivity index (χ1n) is 8.42. The Morgan fingerprint density at radius 2 is 1.89 bits per heavy atom. The summed E-state index contributed by atoms with van der Waals surface area (Å²) >= 11 is 7.18. The van der Waals surface area contributed by atoms with E-state index in [-0.39, 0.29) is 18.4 Å². The van der Waals surface area contributed by atoms with Gasteiger partial charge in [0.25, 0.3) is 5.91 Å². The lowest BCUT2D eigenvalue weighted by molar-refractivity contribution is -0.118. The van der Waals surface area contributed by atoms with Crippen LogP contribution in [0.2, 0.25) is 5.02 Å². The van der Waals surface area contributed by atoms with Gasteiger partial charge in [-0.1, -0.05) is 29.9 Å². The van der Waals surface area contributed by atoms with Crippen LogP contribution in [0.15, 0.2) is 42.5 Å². The van der Waals surface area contributed by atoms with Crippen LogP contribution in [0.5, 0.6) is 5.75 Å². The topological polar surface area (TPSA) is 80.3 Å². The van der Waals surface area contributed by atoms with Gasteiger partial charge in [0, 0.05) is 17.1 Å². The second-order valence-corrected chi connectivity index (χ2v) is 7.26. The molecule has 1 aromatic heterocycles. The van der Waals surface area contributed by atoms with Crippen LogP contribution < -0.4 is 15.4 Å². The maximum absolute atomic E-state index is 12.1. The number of carbonyl (C=O) groups excluding carboxylic acids is 2. The van der Waals surface area contributed by atoms with Crippen LogP contribution in [0.25, 0.3) is 10.2 Å². The molecule has 0 aliphatic heterocycles. The van der Waals surface area contributed by atoms with Crippen LogP contribution in [0.4, 0.5) is 10.8 Å². The van der Waals surface area contributed by atoms with Crippen LogP contribution in [0.3, 0.4) is 0 Å². The van der Waals surface area contributed by atoms with E-state index in [1.165, 1.54) is 11.3 Å². The van der Waals surface area contributed by atoms with E-state index in [4.69, 9.17) is 16.3 Å². The number of benzene rings is 2. The first kappa shape index (κ1) is 19.1. The van der Waals surface area contributed by atoms with E-state index >= 15 is 0 Å². The molecule has 2 amide bonds. The second-order valence-electron chi connectivity index (χ2n) is 5.79. The van der Waals surface area contributed by atoms with E-state index in [1.54, 1.807) is 36.4 Å². The Kier molecular flexibility index (Phi) is 6.26. The maximum Gasteiger partial charge on any atom is 0.262 e. The second kappa shape index (κ2) is 8.83. The van der Waals surface area contributed by atoms with Gasteiger partial charge in [-0.15, -0.1) is 0 Å². The van der Waals surface area contributed by atoms with Crippen molar-refractivity contribution in [1.82, 2.24) is 4.98 Å². The molecule has 8 heteroatoms. The van der Waals surface area contributed by atoms with Gasteiger partial charge in [-0.3, -0.25) is 9.59 Å². The Bertz CT molecular complexity index is 956. The van der Waals surface area contributed by atoms with Crippen LogP contribution in [-0.2, 0) is 9.59 Å². The van der Waals surface area contributed by atoms with Crippen LogP contribution in [0, 0.1) is 0 Å². The quantitative estimate of drug-likeness (QED) is 0.598. The van der Waals surface area contributed by atoms with Crippen molar-refractivity contribution in [2.75, 3.05) is 17.2 Å². The molecule has 0 saturated heterocycles. The number of nitrogens with one attached hydrogen (secondary N) is 2. The minimum atomic E-state index is -0.273. The maximum atomic E-state index is 12.1. The highest BCUT2D eigenvalue weighted by atomic mass is 35.5. The van der Waals surface area contributed by atoms with Crippen molar-refractivity contribution >= 4 is 55.8 Å². The van der Waals surface area contributed by atoms with Gasteiger partial charge in [0.1, 0.15) is 5.75 Å². The molecule has 0 aliphatic carbocycles. The van der Waals surface area contributed by atoms with E-state index in [2.05, 4.69) is 15.6 Å². The molecule has 140 valence electrons. The zero-order valence-electron chi connectivity index (χ0n) is 14.6. The Balaban J connectivity index is 1.60. The molecule has 1 heterocycles. The molecule has 0 fully saturated rings. The van der Waals surface area contributed by atoms with Gasteiger partial charge >= 0.3 is 0 Å². The molecule has 0 unspecified atom stereocenters. The summed E-state index contributed by atoms with van der Waals surface area (Å²) in [6.45, 7) is 1.84. The number of halogens is 1. The van der Waals surface area contributed by atoms with Crippen molar-refractivity contribution in [3.05, 3.63) is 47.5 Å². The highest BCUT2D eigenvalue weighted by Crippen LogP contribution is 2.28. The number of nitrogens with zero attached hydrogens (tertiary/aromatic N) is 1. The molecular formula is C19H18ClN3O3S. The first-order valence-corrected chi connectivity index (χ1v) is 9.61. The summed E-state index contributed by atoms with van der Waals surface area (Å²) in [4.78, 5) is 28.1. The molecule has 0 atom stereocenters. The summed E-state index contributed by atoms with van der Waals surface area (Å²) in [7, 11) is 0. The minimum Gasteiger partial charge on any atom is -0.484 e. The predicted octanol–water partition coefficient (Wildman–Crippen LogP) is 4.71. The predicted molar refractivity (Wildman–Crippen MR) is 109 cm³/mol. The average Bonchev–Trinajstić information content (AvgIpc) is 3.02. The molecule has 0 spiro atoms. The van der Waals surface area contributed by atoms with E-state index < -0.39 is 0 Å². The van der Waals surface area contributed by atoms with Gasteiger partial charge < -0.3 is 15.4 Å². The number of hydrogen-bond acceptors (Lipinski definition) is 5. The third-order valence-electron chi connectivity index (χ3n) is 3.58. The van der Waals surface area contributed by atoms with Gasteiger partial charge in [-0.2, -0.15) is 0 Å². The van der Waals surface area contributed by atoms with E-state index in [1.807, 2.05) is 13.0 Å². The number of anilines is 2. The highest BCUT2D eigenvalue weighted by Gasteiger charge is 2.09. The third kappa shape index (κ3) is 5.42. The summed E-state index contributed by atoms with van der Waals surface area (Å²) in [6.07, 6.45) is 1.25. The molecule has 0 bridgehead atoms. The highest BCUT2D eigenvalue weighted by molar-refractivity contribution is 7.22. The largest absolute Gasteiger partial charge is 0.484 e. The van der Waals surface area contributed by atoms with Crippen LogP contribution in [-0.4, -0.2) is 23.4 Å². The van der Waals surface area contributed by atoms with Crippen molar-refractivity contribution in [3.8, 4) is 5.75 Å². The molecule has 0 radical (unpaired) electrons. The lowest BCUT2D eigenvalue weighted by atomic mass is 10.3. The van der Waals surface area contributed by atoms with E-state index in [0.717, 1.165) is 16.6 Å². The SMILES string of the molecule is CCCC(=O)Nc1nc2ccc(NC(=O)COc3ccc(Cl)cc3)cc2s1. The monoisotopic (exact) mass is 403 g/mol. The Morgan fingerprint density at radius 3 is 2.63 bits per heavy atom. The number of aromatic nitrogens is 1. The summed E-state index contributed by atoms with van der Waals surface area (Å²) in [5.74, 6) is 0.245. The number of thiazole rings is 1. The lowest BCUT2D eigenvalue weighted by Crippen LogP contribution is -2.20. The Morgan fingerprint density at radius 1 is 1.11 bits per heavy atom. The average molecular weight is 404 g/mol. The van der Waals surface area contributed by atoms with Crippen LogP contribution in [0.1, 0.15) is 19.8 Å². The third-order valence-corrected chi connectivity index (χ3v) is 4.76. The number of ether oxygens (including phenoxy) is 1. The summed E-state index contributed by atoms with van der Waals surface area (Å²) in [6, 6.07) is 12.2. The van der Waals surface area contributed by atoms with Gasteiger partial charge in [-0.05, 0) is 48.9 Å². The molecule has 27 heavy (non-hydrogen) atoms. The van der Waals surface area contributed by atoms with Gasteiger partial charge in [0.15, 0.2) is 11.7 Å². The number of hydrogen-bond donors (Lipinski definition) is 2. The fourth-order valence-electron chi connectivity index (χ4n) is 2.34. The molecule has 3 rings (SSSR count). The molecule has 3 aromatic rings. The van der Waals surface area contributed by atoms with Crippen molar-refractivity contribution in [1.29, 1.82) is 0 Å². The van der Waals surface area contributed by atoms with Crippen molar-refractivity contribution in [3.63, 3.8) is 0 Å². The first-order chi connectivity index (χ1) is 13.0. The Labute approximate surface area is 165 Å². The molecule has 0 saturated carbocycles. The normalized spacial score (nSPS) is 10.6. The fourth-order valence-corrected chi connectivity index (χ4v) is 3.39.